The lowest BCUT2D eigenvalue weighted by Gasteiger charge is -2.34. The van der Waals surface area contributed by atoms with E-state index in [-0.39, 0.29) is 0 Å². The summed E-state index contributed by atoms with van der Waals surface area (Å²) >= 11 is 0. The van der Waals surface area contributed by atoms with Gasteiger partial charge in [0, 0.05) is 12.0 Å². The molecule has 0 fully saturated rings. The van der Waals surface area contributed by atoms with Gasteiger partial charge in [-0.2, -0.15) is 65.5 Å². The first-order valence-corrected chi connectivity index (χ1v) is 10.2. The monoisotopic (exact) mass is 600 g/mol. The number of hydrogen-bond acceptors (Lipinski definition) is 7. The first-order valence-electron chi connectivity index (χ1n) is 8.71. The lowest BCUT2D eigenvalue weighted by molar-refractivity contribution is -0.369. The molecule has 218 valence electrons. The number of carbonyl (C=O) groups excluding carboxylic acids is 2. The fourth-order valence-electron chi connectivity index (χ4n) is 1.95. The molecule has 0 spiro atoms. The van der Waals surface area contributed by atoms with E-state index in [1.807, 2.05) is 0 Å². The van der Waals surface area contributed by atoms with Crippen LogP contribution in [0.4, 0.5) is 57.1 Å². The van der Waals surface area contributed by atoms with Crippen molar-refractivity contribution in [3.8, 4) is 0 Å². The highest BCUT2D eigenvalue weighted by Crippen LogP contribution is 2.43. The maximum atomic E-state index is 13.6. The zero-order chi connectivity index (χ0) is 30.1. The van der Waals surface area contributed by atoms with Crippen LogP contribution in [0.25, 0.3) is 0 Å². The minimum atomic E-state index is -6.80. The highest BCUT2D eigenvalue weighted by atomic mass is 32.2. The van der Waals surface area contributed by atoms with Crippen molar-refractivity contribution in [1.82, 2.24) is 0 Å². The third kappa shape index (κ3) is 8.06. The third-order valence-electron chi connectivity index (χ3n) is 3.74. The van der Waals surface area contributed by atoms with Crippen molar-refractivity contribution in [1.29, 1.82) is 0 Å². The Labute approximate surface area is 197 Å². The number of esters is 2. The van der Waals surface area contributed by atoms with Crippen molar-refractivity contribution >= 4 is 22.1 Å². The molecule has 0 heterocycles. The molecular weight excluding hydrogens is 587 g/mol. The molecule has 0 rings (SSSR count). The van der Waals surface area contributed by atoms with Crippen LogP contribution in [0.3, 0.4) is 0 Å². The van der Waals surface area contributed by atoms with Crippen molar-refractivity contribution < 1.29 is 93.8 Å². The SMILES string of the molecule is C=C(C)C(=O)OC(OCCCC(F)(F)C(F)(F)S(=O)(=O)O)(C(=O)OC(C(F)(F)F)C(F)(F)F)C(F)(F)F. The van der Waals surface area contributed by atoms with E-state index in [0.717, 1.165) is 0 Å². The van der Waals surface area contributed by atoms with Gasteiger partial charge in [0.05, 0.1) is 6.61 Å². The zero-order valence-electron chi connectivity index (χ0n) is 17.5. The summed E-state index contributed by atoms with van der Waals surface area (Å²) in [5, 5.41) is -6.22. The van der Waals surface area contributed by atoms with Crippen molar-refractivity contribution in [3.05, 3.63) is 12.2 Å². The van der Waals surface area contributed by atoms with Crippen LogP contribution in [-0.4, -0.2) is 73.1 Å². The molecule has 0 saturated carbocycles. The maximum Gasteiger partial charge on any atom is 0.468 e. The predicted octanol–water partition coefficient (Wildman–Crippen LogP) is 4.31. The van der Waals surface area contributed by atoms with E-state index < -0.39 is 88.7 Å². The average molecular weight is 600 g/mol. The number of carbonyl (C=O) groups is 2. The second kappa shape index (κ2) is 10.8. The van der Waals surface area contributed by atoms with Gasteiger partial charge in [-0.15, -0.1) is 0 Å². The van der Waals surface area contributed by atoms with E-state index in [4.69, 9.17) is 4.55 Å². The van der Waals surface area contributed by atoms with E-state index in [2.05, 4.69) is 20.8 Å². The maximum absolute atomic E-state index is 13.6. The van der Waals surface area contributed by atoms with E-state index in [9.17, 15) is 75.1 Å². The smallest absolute Gasteiger partial charge is 0.438 e. The van der Waals surface area contributed by atoms with Gasteiger partial charge in [0.1, 0.15) is 0 Å². The second-order valence-electron chi connectivity index (χ2n) is 6.80. The van der Waals surface area contributed by atoms with Crippen LogP contribution in [0.15, 0.2) is 12.2 Å². The molecule has 1 atom stereocenters. The third-order valence-corrected chi connectivity index (χ3v) is 4.68. The van der Waals surface area contributed by atoms with Crippen molar-refractivity contribution in [2.45, 2.75) is 61.4 Å². The summed E-state index contributed by atoms with van der Waals surface area (Å²) in [6.07, 6.45) is -29.3. The summed E-state index contributed by atoms with van der Waals surface area (Å²) in [7, 11) is -6.80. The van der Waals surface area contributed by atoms with Crippen LogP contribution in [-0.2, 0) is 33.9 Å². The molecule has 0 aromatic heterocycles. The number of halogens is 13. The molecule has 0 radical (unpaired) electrons. The Balaban J connectivity index is 6.32. The highest BCUT2D eigenvalue weighted by molar-refractivity contribution is 7.87. The summed E-state index contributed by atoms with van der Waals surface area (Å²) in [6.45, 7) is 1.17. The van der Waals surface area contributed by atoms with Gasteiger partial charge in [0.15, 0.2) is 0 Å². The Kier molecular flexibility index (Phi) is 10.1. The fraction of sp³-hybridized carbons (Fsp3) is 0.733. The molecule has 0 aromatic rings. The average Bonchev–Trinajstić information content (AvgIpc) is 2.63. The molecule has 0 saturated heterocycles. The predicted molar refractivity (Wildman–Crippen MR) is 88.3 cm³/mol. The second-order valence-corrected chi connectivity index (χ2v) is 8.26. The quantitative estimate of drug-likeness (QED) is 0.0932. The topological polar surface area (TPSA) is 116 Å². The number of rotatable bonds is 11. The van der Waals surface area contributed by atoms with Gasteiger partial charge in [0.25, 0.3) is 6.10 Å². The van der Waals surface area contributed by atoms with Crippen LogP contribution in [0.1, 0.15) is 19.8 Å². The molecule has 0 bridgehead atoms. The molecule has 0 amide bonds. The number of alkyl halides is 13. The molecular formula is C15H13F13O8S. The summed E-state index contributed by atoms with van der Waals surface area (Å²) in [5.41, 5.74) is -1.06. The first kappa shape index (κ1) is 34.6. The van der Waals surface area contributed by atoms with Crippen LogP contribution in [0.5, 0.6) is 0 Å². The van der Waals surface area contributed by atoms with Crippen molar-refractivity contribution in [2.75, 3.05) is 6.61 Å². The van der Waals surface area contributed by atoms with Gasteiger partial charge in [0.2, 0.25) is 0 Å². The summed E-state index contributed by atoms with van der Waals surface area (Å²) in [5.74, 6) is -17.3. The van der Waals surface area contributed by atoms with E-state index in [1.54, 1.807) is 0 Å². The highest BCUT2D eigenvalue weighted by Gasteiger charge is 2.71. The Hall–Kier alpha value is -2.36. The van der Waals surface area contributed by atoms with Crippen molar-refractivity contribution in [3.63, 3.8) is 0 Å². The Morgan fingerprint density at radius 2 is 1.32 bits per heavy atom. The minimum Gasteiger partial charge on any atom is -0.438 e. The molecule has 0 aliphatic heterocycles. The van der Waals surface area contributed by atoms with Crippen LogP contribution >= 0.6 is 0 Å². The molecule has 37 heavy (non-hydrogen) atoms. The Bertz CT molecular complexity index is 954. The van der Waals surface area contributed by atoms with Gasteiger partial charge < -0.3 is 14.2 Å². The van der Waals surface area contributed by atoms with E-state index >= 15 is 0 Å². The summed E-state index contributed by atoms with van der Waals surface area (Å²) in [6, 6.07) is 0. The van der Waals surface area contributed by atoms with Crippen LogP contribution in [0, 0.1) is 0 Å². The number of ether oxygens (including phenoxy) is 3. The van der Waals surface area contributed by atoms with Crippen LogP contribution < -0.4 is 0 Å². The van der Waals surface area contributed by atoms with E-state index in [0.29, 0.717) is 6.92 Å². The molecule has 0 aliphatic carbocycles. The van der Waals surface area contributed by atoms with Crippen molar-refractivity contribution in [2.24, 2.45) is 0 Å². The van der Waals surface area contributed by atoms with Gasteiger partial charge in [-0.05, 0) is 13.3 Å². The lowest BCUT2D eigenvalue weighted by atomic mass is 10.2. The van der Waals surface area contributed by atoms with Gasteiger partial charge >= 0.3 is 57.5 Å². The normalized spacial score (nSPS) is 15.8. The standard InChI is InChI=1S/C15H13F13O8S/c1-6(2)7(29)36-11(14(24,25)26,9(30)35-8(12(18,19)20)13(21,22)23)34-5-3-4-10(16,17)15(27,28)37(31,32)33/h8H,1,3-5H2,2H3,(H,31,32,33). The van der Waals surface area contributed by atoms with E-state index in [1.165, 1.54) is 0 Å². The Morgan fingerprint density at radius 1 is 0.892 bits per heavy atom. The molecule has 22 heteroatoms. The number of hydrogen-bond donors (Lipinski definition) is 1. The summed E-state index contributed by atoms with van der Waals surface area (Å²) in [4.78, 5) is 23.5. The molecule has 1 N–H and O–H groups in total. The fourth-order valence-corrected chi connectivity index (χ4v) is 2.43. The Morgan fingerprint density at radius 3 is 1.65 bits per heavy atom. The van der Waals surface area contributed by atoms with Gasteiger partial charge in [-0.25, -0.2) is 9.59 Å². The molecule has 0 aromatic carbocycles. The zero-order valence-corrected chi connectivity index (χ0v) is 18.3. The molecule has 1 unspecified atom stereocenters. The first-order chi connectivity index (χ1) is 16.0. The van der Waals surface area contributed by atoms with Gasteiger partial charge in [-0.1, -0.05) is 6.58 Å². The van der Waals surface area contributed by atoms with Gasteiger partial charge in [-0.3, -0.25) is 4.55 Å². The summed E-state index contributed by atoms with van der Waals surface area (Å²) < 4.78 is 209. The lowest BCUT2D eigenvalue weighted by Crippen LogP contribution is -2.60. The van der Waals surface area contributed by atoms with Crippen LogP contribution in [0.2, 0.25) is 0 Å². The molecule has 0 aliphatic rings. The molecule has 8 nitrogen and oxygen atoms in total. The largest absolute Gasteiger partial charge is 0.468 e. The minimum absolute atomic E-state index is 0.570.